The fourth-order valence-corrected chi connectivity index (χ4v) is 3.07. The maximum absolute atomic E-state index is 12.3. The molecule has 1 aromatic rings. The molecule has 1 fully saturated rings. The van der Waals surface area contributed by atoms with E-state index in [0.717, 1.165) is 24.1 Å². The Morgan fingerprint density at radius 2 is 2.10 bits per heavy atom. The highest BCUT2D eigenvalue weighted by Crippen LogP contribution is 2.22. The van der Waals surface area contributed by atoms with E-state index < -0.39 is 5.97 Å². The van der Waals surface area contributed by atoms with Crippen molar-refractivity contribution in [2.75, 3.05) is 26.9 Å². The predicted molar refractivity (Wildman–Crippen MR) is 109 cm³/mol. The molecule has 1 aliphatic heterocycles. The molecule has 1 amide bonds. The molecule has 0 radical (unpaired) electrons. The zero-order chi connectivity index (χ0) is 21.1. The molecule has 0 aliphatic carbocycles. The van der Waals surface area contributed by atoms with Crippen molar-refractivity contribution in [3.63, 3.8) is 0 Å². The molecule has 7 heteroatoms. The molecule has 1 saturated heterocycles. The third-order valence-corrected chi connectivity index (χ3v) is 4.55. The third-order valence-electron chi connectivity index (χ3n) is 4.31. The van der Waals surface area contributed by atoms with Gasteiger partial charge in [0.15, 0.2) is 0 Å². The van der Waals surface area contributed by atoms with E-state index in [9.17, 15) is 14.4 Å². The summed E-state index contributed by atoms with van der Waals surface area (Å²) in [5.74, 6) is 5.24. The number of nitrogens with zero attached hydrogens (tertiary/aromatic N) is 1. The highest BCUT2D eigenvalue weighted by molar-refractivity contribution is 6.30. The van der Waals surface area contributed by atoms with Gasteiger partial charge in [-0.25, -0.2) is 4.79 Å². The summed E-state index contributed by atoms with van der Waals surface area (Å²) >= 11 is 5.95. The topological polar surface area (TPSA) is 72.9 Å². The zero-order valence-electron chi connectivity index (χ0n) is 16.4. The maximum atomic E-state index is 12.3. The number of esters is 1. The van der Waals surface area contributed by atoms with Gasteiger partial charge in [0.2, 0.25) is 5.91 Å². The van der Waals surface area contributed by atoms with Crippen LogP contribution in [0.15, 0.2) is 36.0 Å². The van der Waals surface area contributed by atoms with Crippen LogP contribution in [0.1, 0.15) is 31.2 Å². The summed E-state index contributed by atoms with van der Waals surface area (Å²) in [7, 11) is 1.28. The molecule has 29 heavy (non-hydrogen) atoms. The van der Waals surface area contributed by atoms with Crippen LogP contribution in [-0.2, 0) is 30.3 Å². The molecule has 6 nitrogen and oxygen atoms in total. The largest absolute Gasteiger partial charge is 0.467 e. The lowest BCUT2D eigenvalue weighted by Crippen LogP contribution is -2.34. The molecular weight excluding hydrogens is 394 g/mol. The first-order valence-electron chi connectivity index (χ1n) is 9.35. The second-order valence-corrected chi connectivity index (χ2v) is 6.94. The first-order valence-corrected chi connectivity index (χ1v) is 9.73. The van der Waals surface area contributed by atoms with E-state index in [2.05, 4.69) is 16.6 Å². The Morgan fingerprint density at radius 3 is 2.86 bits per heavy atom. The molecule has 0 aromatic heterocycles. The molecule has 0 bridgehead atoms. The van der Waals surface area contributed by atoms with Crippen molar-refractivity contribution < 1.29 is 23.9 Å². The van der Waals surface area contributed by atoms with Crippen LogP contribution in [0.5, 0.6) is 0 Å². The second-order valence-electron chi connectivity index (χ2n) is 6.50. The van der Waals surface area contributed by atoms with Gasteiger partial charge >= 0.3 is 5.97 Å². The van der Waals surface area contributed by atoms with E-state index in [-0.39, 0.29) is 37.9 Å². The van der Waals surface area contributed by atoms with Gasteiger partial charge in [-0.3, -0.25) is 9.59 Å². The Balaban J connectivity index is 1.88. The van der Waals surface area contributed by atoms with Crippen molar-refractivity contribution in [3.05, 3.63) is 46.6 Å². The fourth-order valence-electron chi connectivity index (χ4n) is 2.86. The Labute approximate surface area is 175 Å². The van der Waals surface area contributed by atoms with Gasteiger partial charge in [0, 0.05) is 30.0 Å². The molecule has 154 valence electrons. The fraction of sp³-hybridized carbons (Fsp3) is 0.409. The van der Waals surface area contributed by atoms with Crippen molar-refractivity contribution in [1.29, 1.82) is 0 Å². The number of amides is 1. The van der Waals surface area contributed by atoms with Crippen LogP contribution in [0.25, 0.3) is 0 Å². The molecule has 0 N–H and O–H groups in total. The van der Waals surface area contributed by atoms with E-state index in [4.69, 9.17) is 16.3 Å². The number of halogens is 1. The number of benzene rings is 1. The SMILES string of the molecule is COC(=O)COCC#CCN1C(=O)CCCC1=CCC(=O)Cc1cccc(Cl)c1. The number of ether oxygens (including phenoxy) is 2. The summed E-state index contributed by atoms with van der Waals surface area (Å²) in [5.41, 5.74) is 1.70. The van der Waals surface area contributed by atoms with E-state index >= 15 is 0 Å². The van der Waals surface area contributed by atoms with Crippen LogP contribution in [0, 0.1) is 11.8 Å². The minimum Gasteiger partial charge on any atom is -0.467 e. The van der Waals surface area contributed by atoms with Crippen LogP contribution in [-0.4, -0.2) is 49.4 Å². The van der Waals surface area contributed by atoms with E-state index in [1.54, 1.807) is 17.0 Å². The van der Waals surface area contributed by atoms with Gasteiger partial charge in [-0.15, -0.1) is 0 Å². The summed E-state index contributed by atoms with van der Waals surface area (Å²) < 4.78 is 9.52. The normalized spacial score (nSPS) is 15.0. The molecule has 1 aromatic carbocycles. The monoisotopic (exact) mass is 417 g/mol. The van der Waals surface area contributed by atoms with Crippen LogP contribution in [0.4, 0.5) is 0 Å². The number of rotatable bonds is 8. The van der Waals surface area contributed by atoms with Crippen molar-refractivity contribution in [3.8, 4) is 11.8 Å². The highest BCUT2D eigenvalue weighted by atomic mass is 35.5. The highest BCUT2D eigenvalue weighted by Gasteiger charge is 2.22. The number of methoxy groups -OCH3 is 1. The van der Waals surface area contributed by atoms with Gasteiger partial charge in [0.25, 0.3) is 0 Å². The number of allylic oxidation sites excluding steroid dienone is 2. The lowest BCUT2D eigenvalue weighted by atomic mass is 10.0. The maximum Gasteiger partial charge on any atom is 0.331 e. The molecule has 0 atom stereocenters. The Bertz CT molecular complexity index is 837. The summed E-state index contributed by atoms with van der Waals surface area (Å²) in [6.07, 6.45) is 4.33. The molecule has 1 aliphatic rings. The molecule has 0 saturated carbocycles. The molecule has 0 unspecified atom stereocenters. The first-order chi connectivity index (χ1) is 14.0. The average molecular weight is 418 g/mol. The van der Waals surface area contributed by atoms with E-state index in [0.29, 0.717) is 17.9 Å². The number of ketones is 1. The van der Waals surface area contributed by atoms with Crippen LogP contribution < -0.4 is 0 Å². The van der Waals surface area contributed by atoms with Gasteiger partial charge in [0.1, 0.15) is 19.0 Å². The standard InChI is InChI=1S/C22H24ClNO5/c1-28-22(27)16-29-13-3-2-12-24-19(8-5-9-21(24)26)10-11-20(25)15-17-6-4-7-18(23)14-17/h4,6-7,10,14H,5,8-9,11-13,15-16H2,1H3. The van der Waals surface area contributed by atoms with Crippen LogP contribution in [0.2, 0.25) is 5.02 Å². The second kappa shape index (κ2) is 12.1. The molecule has 2 rings (SSSR count). The van der Waals surface area contributed by atoms with E-state index in [1.807, 2.05) is 18.2 Å². The number of carbonyl (C=O) groups is 3. The number of carbonyl (C=O) groups excluding carboxylic acids is 3. The average Bonchev–Trinajstić information content (AvgIpc) is 2.70. The lowest BCUT2D eigenvalue weighted by Gasteiger charge is -2.28. The van der Waals surface area contributed by atoms with E-state index in [1.165, 1.54) is 7.11 Å². The summed E-state index contributed by atoms with van der Waals surface area (Å²) in [5, 5.41) is 0.604. The minimum atomic E-state index is -0.467. The molecular formula is C22H24ClNO5. The molecule has 0 spiro atoms. The number of likely N-dealkylation sites (tertiary alicyclic amines) is 1. The summed E-state index contributed by atoms with van der Waals surface area (Å²) in [6.45, 7) is 0.150. The Morgan fingerprint density at radius 1 is 1.28 bits per heavy atom. The lowest BCUT2D eigenvalue weighted by molar-refractivity contribution is -0.145. The number of Topliss-reactive ketones (excluding diaryl/α,β-unsaturated/α-hetero) is 1. The van der Waals surface area contributed by atoms with Gasteiger partial charge in [0.05, 0.1) is 13.7 Å². The minimum absolute atomic E-state index is 0.00503. The van der Waals surface area contributed by atoms with Crippen LogP contribution >= 0.6 is 11.6 Å². The van der Waals surface area contributed by atoms with Gasteiger partial charge < -0.3 is 14.4 Å². The van der Waals surface area contributed by atoms with Gasteiger partial charge in [-0.1, -0.05) is 41.7 Å². The predicted octanol–water partition coefficient (Wildman–Crippen LogP) is 2.93. The summed E-state index contributed by atoms with van der Waals surface area (Å²) in [6, 6.07) is 7.23. The summed E-state index contributed by atoms with van der Waals surface area (Å²) in [4.78, 5) is 37.1. The Kier molecular flexibility index (Phi) is 9.42. The van der Waals surface area contributed by atoms with Gasteiger partial charge in [-0.2, -0.15) is 0 Å². The van der Waals surface area contributed by atoms with Gasteiger partial charge in [-0.05, 0) is 30.5 Å². The Hall–Kier alpha value is -2.62. The first kappa shape index (κ1) is 22.7. The smallest absolute Gasteiger partial charge is 0.331 e. The number of hydrogen-bond donors (Lipinski definition) is 0. The van der Waals surface area contributed by atoms with Crippen molar-refractivity contribution in [2.45, 2.75) is 32.1 Å². The number of hydrogen-bond acceptors (Lipinski definition) is 5. The third kappa shape index (κ3) is 8.10. The van der Waals surface area contributed by atoms with Crippen molar-refractivity contribution >= 4 is 29.3 Å². The quantitative estimate of drug-likeness (QED) is 0.369. The van der Waals surface area contributed by atoms with Crippen LogP contribution in [0.3, 0.4) is 0 Å². The molecule has 1 heterocycles. The van der Waals surface area contributed by atoms with Crippen molar-refractivity contribution in [1.82, 2.24) is 4.90 Å². The zero-order valence-corrected chi connectivity index (χ0v) is 17.2. The van der Waals surface area contributed by atoms with Crippen molar-refractivity contribution in [2.24, 2.45) is 0 Å². The number of piperidine rings is 1.